The molecule has 0 saturated carbocycles. The Morgan fingerprint density at radius 2 is 2.12 bits per heavy atom. The van der Waals surface area contributed by atoms with Crippen LogP contribution in [0.2, 0.25) is 0 Å². The Bertz CT molecular complexity index is 327. The van der Waals surface area contributed by atoms with E-state index < -0.39 is 26.2 Å². The van der Waals surface area contributed by atoms with Crippen LogP contribution in [0.25, 0.3) is 0 Å². The largest absolute Gasteiger partial charge is 0.464 e. The lowest BCUT2D eigenvalue weighted by molar-refractivity contribution is -0.136. The molecule has 0 saturated heterocycles. The number of aliphatic hydroxyl groups excluding tert-OH is 1. The summed E-state index contributed by atoms with van der Waals surface area (Å²) < 4.78 is 20.0. The highest BCUT2D eigenvalue weighted by atomic mass is 31.1. The zero-order chi connectivity index (χ0) is 13.3. The summed E-state index contributed by atoms with van der Waals surface area (Å²) in [6.45, 7) is 1.78. The number of carbonyl (C=O) groups excluding carboxylic acids is 2. The summed E-state index contributed by atoms with van der Waals surface area (Å²) in [5.74, 6) is -0.772. The number of esters is 1. The van der Waals surface area contributed by atoms with Gasteiger partial charge in [0.25, 0.3) is 0 Å². The van der Waals surface area contributed by atoms with E-state index in [2.05, 4.69) is 14.8 Å². The Labute approximate surface area is 99.6 Å². The molecule has 17 heavy (non-hydrogen) atoms. The summed E-state index contributed by atoms with van der Waals surface area (Å²) in [4.78, 5) is 22.3. The van der Waals surface area contributed by atoms with Gasteiger partial charge in [-0.1, -0.05) is 0 Å². The van der Waals surface area contributed by atoms with Gasteiger partial charge in [-0.3, -0.25) is 5.32 Å². The Morgan fingerprint density at radius 3 is 2.59 bits per heavy atom. The minimum absolute atomic E-state index is 0.00198. The number of ether oxygens (including phenoxy) is 2. The molecule has 0 aliphatic rings. The van der Waals surface area contributed by atoms with Crippen molar-refractivity contribution in [1.82, 2.24) is 5.32 Å². The monoisotopic (exact) mass is 265 g/mol. The van der Waals surface area contributed by atoms with Crippen molar-refractivity contribution in [2.24, 2.45) is 0 Å². The van der Waals surface area contributed by atoms with Crippen LogP contribution in [0.3, 0.4) is 0 Å². The van der Waals surface area contributed by atoms with Crippen molar-refractivity contribution in [3.8, 4) is 0 Å². The molecule has 1 atom stereocenters. The van der Waals surface area contributed by atoms with E-state index in [-0.39, 0.29) is 18.5 Å². The van der Waals surface area contributed by atoms with Gasteiger partial charge in [-0.25, -0.2) is 9.59 Å². The van der Waals surface area contributed by atoms with Crippen molar-refractivity contribution in [1.29, 1.82) is 0 Å². The van der Waals surface area contributed by atoms with Gasteiger partial charge in [0.1, 0.15) is 13.5 Å². The second-order valence-electron chi connectivity index (χ2n) is 2.86. The second kappa shape index (κ2) is 8.78. The normalized spacial score (nSPS) is 12.8. The number of allylic oxidation sites excluding steroid dienone is 1. The van der Waals surface area contributed by atoms with E-state index in [1.54, 1.807) is 6.92 Å². The maximum absolute atomic E-state index is 11.2. The van der Waals surface area contributed by atoms with Crippen molar-refractivity contribution in [3.05, 3.63) is 11.8 Å². The first-order valence-corrected chi connectivity index (χ1v) is 6.72. The van der Waals surface area contributed by atoms with Crippen LogP contribution >= 0.6 is 7.80 Å². The average Bonchev–Trinajstić information content (AvgIpc) is 2.33. The maximum atomic E-state index is 11.2. The molecule has 0 aliphatic heterocycles. The van der Waals surface area contributed by atoms with Gasteiger partial charge in [0, 0.05) is 6.16 Å². The highest BCUT2D eigenvalue weighted by molar-refractivity contribution is 7.44. The lowest BCUT2D eigenvalue weighted by Crippen LogP contribution is -2.28. The van der Waals surface area contributed by atoms with E-state index in [9.17, 15) is 14.2 Å². The van der Waals surface area contributed by atoms with Gasteiger partial charge in [0.2, 0.25) is 0 Å². The maximum Gasteiger partial charge on any atom is 0.411 e. The molecular weight excluding hydrogens is 249 g/mol. The van der Waals surface area contributed by atoms with Gasteiger partial charge in [-0.05, 0) is 13.0 Å². The van der Waals surface area contributed by atoms with E-state index in [1.807, 2.05) is 0 Å². The van der Waals surface area contributed by atoms with E-state index in [1.165, 1.54) is 6.08 Å². The van der Waals surface area contributed by atoms with Crippen LogP contribution in [0.5, 0.6) is 0 Å². The summed E-state index contributed by atoms with van der Waals surface area (Å²) in [6, 6.07) is 0. The molecule has 0 radical (unpaired) electrons. The average molecular weight is 265 g/mol. The van der Waals surface area contributed by atoms with Gasteiger partial charge < -0.3 is 19.1 Å². The van der Waals surface area contributed by atoms with Crippen LogP contribution in [-0.4, -0.2) is 43.4 Å². The number of methoxy groups -OCH3 is 1. The predicted molar refractivity (Wildman–Crippen MR) is 61.2 cm³/mol. The molecule has 0 aromatic heterocycles. The molecule has 0 aliphatic carbocycles. The lowest BCUT2D eigenvalue weighted by Gasteiger charge is -2.07. The third-order valence-corrected chi connectivity index (χ3v) is 2.64. The van der Waals surface area contributed by atoms with E-state index in [0.29, 0.717) is 0 Å². The Hall–Kier alpha value is -1.33. The van der Waals surface area contributed by atoms with Crippen molar-refractivity contribution >= 4 is 19.9 Å². The molecule has 0 bridgehead atoms. The summed E-state index contributed by atoms with van der Waals surface area (Å²) in [7, 11) is -1.03. The molecule has 1 amide bonds. The van der Waals surface area contributed by atoms with Crippen LogP contribution in [0.1, 0.15) is 6.92 Å². The van der Waals surface area contributed by atoms with Crippen molar-refractivity contribution in [2.45, 2.75) is 6.92 Å². The van der Waals surface area contributed by atoms with Crippen molar-refractivity contribution < 1.29 is 28.7 Å². The quantitative estimate of drug-likeness (QED) is 0.407. The molecule has 0 aromatic carbocycles. The topological polar surface area (TPSA) is 102 Å². The van der Waals surface area contributed by atoms with Gasteiger partial charge in [-0.15, -0.1) is 0 Å². The molecule has 0 aromatic rings. The van der Waals surface area contributed by atoms with E-state index in [4.69, 9.17) is 5.11 Å². The second-order valence-corrected chi connectivity index (χ2v) is 4.66. The highest BCUT2D eigenvalue weighted by Crippen LogP contribution is 2.18. The van der Waals surface area contributed by atoms with Crippen LogP contribution in [0.15, 0.2) is 11.8 Å². The number of carbonyl (C=O) groups is 2. The smallest absolute Gasteiger partial charge is 0.411 e. The number of hydrogen-bond acceptors (Lipinski definition) is 6. The molecule has 1 unspecified atom stereocenters. The van der Waals surface area contributed by atoms with Crippen LogP contribution in [-0.2, 0) is 18.8 Å². The number of rotatable bonds is 6. The molecule has 8 heteroatoms. The van der Waals surface area contributed by atoms with Gasteiger partial charge in [-0.2, -0.15) is 0 Å². The van der Waals surface area contributed by atoms with Gasteiger partial charge >= 0.3 is 12.1 Å². The number of hydrogen-bond donors (Lipinski definition) is 2. The zero-order valence-corrected chi connectivity index (χ0v) is 10.7. The number of aliphatic hydroxyl groups is 1. The first-order valence-electron chi connectivity index (χ1n) is 4.89. The van der Waals surface area contributed by atoms with Crippen LogP contribution in [0.4, 0.5) is 4.79 Å². The fourth-order valence-corrected chi connectivity index (χ4v) is 1.41. The molecule has 0 heterocycles. The standard InChI is InChI=1S/C9H16NO6P/c1-3-16-9(13)10-7(8(12)15-2)4-5-17(14)6-11/h4,11,17H,3,5-6H2,1-2H3,(H,10,13)/b7-4+. The summed E-state index contributed by atoms with van der Waals surface area (Å²) in [5, 5.41) is 10.8. The fraction of sp³-hybridized carbons (Fsp3) is 0.556. The lowest BCUT2D eigenvalue weighted by atomic mass is 10.4. The van der Waals surface area contributed by atoms with E-state index in [0.717, 1.165) is 7.11 Å². The molecule has 7 nitrogen and oxygen atoms in total. The highest BCUT2D eigenvalue weighted by Gasteiger charge is 2.13. The third kappa shape index (κ3) is 6.76. The van der Waals surface area contributed by atoms with Crippen molar-refractivity contribution in [2.75, 3.05) is 26.2 Å². The van der Waals surface area contributed by atoms with Gasteiger partial charge in [0.15, 0.2) is 0 Å². The minimum Gasteiger partial charge on any atom is -0.464 e. The number of nitrogens with one attached hydrogen (secondary N) is 1. The summed E-state index contributed by atoms with van der Waals surface area (Å²) in [6.07, 6.45) is -0.0133. The van der Waals surface area contributed by atoms with Gasteiger partial charge in [0.05, 0.1) is 20.1 Å². The number of alkyl carbamates (subject to hydrolysis) is 1. The minimum atomic E-state index is -2.18. The van der Waals surface area contributed by atoms with Crippen molar-refractivity contribution in [3.63, 3.8) is 0 Å². The Morgan fingerprint density at radius 1 is 1.47 bits per heavy atom. The molecule has 0 spiro atoms. The fourth-order valence-electron chi connectivity index (χ4n) is 0.853. The molecule has 0 rings (SSSR count). The Kier molecular flexibility index (Phi) is 8.09. The molecule has 0 fully saturated rings. The summed E-state index contributed by atoms with van der Waals surface area (Å²) >= 11 is 0. The molecule has 2 N–H and O–H groups in total. The molecular formula is C9H16NO6P. The third-order valence-electron chi connectivity index (χ3n) is 1.63. The Balaban J connectivity index is 4.59. The number of amides is 1. The predicted octanol–water partition coefficient (Wildman–Crippen LogP) is 0.299. The molecule has 98 valence electrons. The van der Waals surface area contributed by atoms with Crippen LogP contribution < -0.4 is 5.32 Å². The summed E-state index contributed by atoms with van der Waals surface area (Å²) in [5.41, 5.74) is -0.155. The van der Waals surface area contributed by atoms with Crippen LogP contribution in [0, 0.1) is 0 Å². The first-order chi connectivity index (χ1) is 8.04. The van der Waals surface area contributed by atoms with E-state index >= 15 is 0 Å². The SMILES string of the molecule is CCOC(=O)N/C(=C/C[PH](=O)CO)C(=O)OC. The zero-order valence-electron chi connectivity index (χ0n) is 9.69. The first kappa shape index (κ1) is 15.7.